The highest BCUT2D eigenvalue weighted by Crippen LogP contribution is 2.29. The minimum atomic E-state index is 0.137. The first-order valence-corrected chi connectivity index (χ1v) is 7.11. The third kappa shape index (κ3) is 3.28. The Hall–Kier alpha value is -0.910. The predicted octanol–water partition coefficient (Wildman–Crippen LogP) is 3.41. The number of rotatable bonds is 4. The second-order valence-corrected chi connectivity index (χ2v) is 5.87. The van der Waals surface area contributed by atoms with Crippen LogP contribution < -0.4 is 5.73 Å². The molecule has 0 saturated carbocycles. The first-order chi connectivity index (χ1) is 8.19. The SMILES string of the molecule is CCC(N)c1ccc(Sc2nc(C)ns2)cc1. The van der Waals surface area contributed by atoms with E-state index in [2.05, 4.69) is 40.5 Å². The summed E-state index contributed by atoms with van der Waals surface area (Å²) in [5, 5.41) is 0. The fraction of sp³-hybridized carbons (Fsp3) is 0.333. The van der Waals surface area contributed by atoms with Crippen LogP contribution in [0.5, 0.6) is 0 Å². The van der Waals surface area contributed by atoms with Gasteiger partial charge in [-0.25, -0.2) is 4.98 Å². The molecule has 0 bridgehead atoms. The maximum Gasteiger partial charge on any atom is 0.174 e. The van der Waals surface area contributed by atoms with Gasteiger partial charge >= 0.3 is 0 Å². The molecule has 0 saturated heterocycles. The predicted molar refractivity (Wildman–Crippen MR) is 72.4 cm³/mol. The molecule has 1 aromatic carbocycles. The molecular weight excluding hydrogens is 250 g/mol. The van der Waals surface area contributed by atoms with Gasteiger partial charge in [-0.3, -0.25) is 0 Å². The van der Waals surface area contributed by atoms with Crippen molar-refractivity contribution in [2.24, 2.45) is 5.73 Å². The number of nitrogens with two attached hydrogens (primary N) is 1. The number of nitrogens with zero attached hydrogens (tertiary/aromatic N) is 2. The molecule has 1 unspecified atom stereocenters. The van der Waals surface area contributed by atoms with Crippen LogP contribution in [0.2, 0.25) is 0 Å². The molecule has 0 aliphatic carbocycles. The van der Waals surface area contributed by atoms with Crippen molar-refractivity contribution in [1.82, 2.24) is 9.36 Å². The van der Waals surface area contributed by atoms with Crippen LogP contribution in [0, 0.1) is 6.92 Å². The van der Waals surface area contributed by atoms with Crippen molar-refractivity contribution in [2.75, 3.05) is 0 Å². The highest BCUT2D eigenvalue weighted by Gasteiger charge is 2.05. The maximum absolute atomic E-state index is 5.97. The summed E-state index contributed by atoms with van der Waals surface area (Å²) in [7, 11) is 0. The molecule has 3 nitrogen and oxygen atoms in total. The Kier molecular flexibility index (Phi) is 4.15. The Bertz CT molecular complexity index is 479. The van der Waals surface area contributed by atoms with Gasteiger partial charge in [-0.1, -0.05) is 30.8 Å². The van der Waals surface area contributed by atoms with Gasteiger partial charge in [-0.2, -0.15) is 4.37 Å². The standard InChI is InChI=1S/C12H15N3S2/c1-3-11(13)9-4-6-10(7-5-9)16-12-14-8(2)15-17-12/h4-7,11H,3,13H2,1-2H3. The molecule has 17 heavy (non-hydrogen) atoms. The third-order valence-corrected chi connectivity index (χ3v) is 4.31. The van der Waals surface area contributed by atoms with Gasteiger partial charge in [0.15, 0.2) is 4.34 Å². The van der Waals surface area contributed by atoms with Gasteiger partial charge in [0.05, 0.1) is 0 Å². The first-order valence-electron chi connectivity index (χ1n) is 5.52. The maximum atomic E-state index is 5.97. The Morgan fingerprint density at radius 2 is 2.06 bits per heavy atom. The zero-order valence-electron chi connectivity index (χ0n) is 9.88. The summed E-state index contributed by atoms with van der Waals surface area (Å²) in [5.41, 5.74) is 7.16. The lowest BCUT2D eigenvalue weighted by Crippen LogP contribution is -2.07. The molecule has 0 radical (unpaired) electrons. The smallest absolute Gasteiger partial charge is 0.174 e. The van der Waals surface area contributed by atoms with E-state index in [0.717, 1.165) is 16.6 Å². The second-order valence-electron chi connectivity index (χ2n) is 3.79. The van der Waals surface area contributed by atoms with Crippen LogP contribution in [0.15, 0.2) is 33.5 Å². The Balaban J connectivity index is 2.08. The molecule has 0 aliphatic rings. The van der Waals surface area contributed by atoms with E-state index in [1.807, 2.05) is 6.92 Å². The van der Waals surface area contributed by atoms with E-state index in [9.17, 15) is 0 Å². The van der Waals surface area contributed by atoms with E-state index in [1.165, 1.54) is 22.0 Å². The van der Waals surface area contributed by atoms with Gasteiger partial charge in [-0.05, 0) is 42.6 Å². The summed E-state index contributed by atoms with van der Waals surface area (Å²) < 4.78 is 5.14. The van der Waals surface area contributed by atoms with E-state index in [0.29, 0.717) is 0 Å². The molecule has 1 aromatic heterocycles. The van der Waals surface area contributed by atoms with Crippen LogP contribution in [0.4, 0.5) is 0 Å². The topological polar surface area (TPSA) is 51.8 Å². The normalized spacial score (nSPS) is 12.6. The lowest BCUT2D eigenvalue weighted by molar-refractivity contribution is 0.698. The van der Waals surface area contributed by atoms with Crippen molar-refractivity contribution in [3.05, 3.63) is 35.7 Å². The molecule has 0 aliphatic heterocycles. The summed E-state index contributed by atoms with van der Waals surface area (Å²) in [4.78, 5) is 5.50. The largest absolute Gasteiger partial charge is 0.324 e. The van der Waals surface area contributed by atoms with Gasteiger partial charge in [0.25, 0.3) is 0 Å². The van der Waals surface area contributed by atoms with Crippen molar-refractivity contribution in [1.29, 1.82) is 0 Å². The monoisotopic (exact) mass is 265 g/mol. The van der Waals surface area contributed by atoms with Crippen LogP contribution in [0.3, 0.4) is 0 Å². The van der Waals surface area contributed by atoms with E-state index in [1.54, 1.807) is 11.8 Å². The molecular formula is C12H15N3S2. The van der Waals surface area contributed by atoms with Gasteiger partial charge in [0, 0.05) is 10.9 Å². The third-order valence-electron chi connectivity index (χ3n) is 2.46. The lowest BCUT2D eigenvalue weighted by Gasteiger charge is -2.09. The number of aromatic nitrogens is 2. The Morgan fingerprint density at radius 1 is 1.35 bits per heavy atom. The minimum absolute atomic E-state index is 0.137. The van der Waals surface area contributed by atoms with E-state index in [-0.39, 0.29) is 6.04 Å². The Labute approximate surface area is 110 Å². The van der Waals surface area contributed by atoms with E-state index in [4.69, 9.17) is 5.73 Å². The number of hydrogen-bond donors (Lipinski definition) is 1. The zero-order valence-corrected chi connectivity index (χ0v) is 11.5. The molecule has 2 aromatic rings. The molecule has 0 fully saturated rings. The van der Waals surface area contributed by atoms with Crippen LogP contribution in [0.1, 0.15) is 30.8 Å². The van der Waals surface area contributed by atoms with Gasteiger partial charge < -0.3 is 5.73 Å². The Morgan fingerprint density at radius 3 is 2.59 bits per heavy atom. The second kappa shape index (κ2) is 5.62. The van der Waals surface area contributed by atoms with Crippen LogP contribution in [-0.2, 0) is 0 Å². The van der Waals surface area contributed by atoms with Crippen molar-refractivity contribution in [3.8, 4) is 0 Å². The van der Waals surface area contributed by atoms with Crippen LogP contribution in [-0.4, -0.2) is 9.36 Å². The highest BCUT2D eigenvalue weighted by atomic mass is 32.2. The van der Waals surface area contributed by atoms with Gasteiger partial charge in [-0.15, -0.1) is 0 Å². The van der Waals surface area contributed by atoms with Crippen molar-refractivity contribution in [2.45, 2.75) is 35.5 Å². The molecule has 0 amide bonds. The zero-order chi connectivity index (χ0) is 12.3. The quantitative estimate of drug-likeness (QED) is 0.920. The molecule has 1 atom stereocenters. The van der Waals surface area contributed by atoms with Crippen LogP contribution in [0.25, 0.3) is 0 Å². The van der Waals surface area contributed by atoms with E-state index >= 15 is 0 Å². The average Bonchev–Trinajstić information content (AvgIpc) is 2.75. The summed E-state index contributed by atoms with van der Waals surface area (Å²) in [5.74, 6) is 0.835. The summed E-state index contributed by atoms with van der Waals surface area (Å²) in [6, 6.07) is 8.49. The fourth-order valence-electron chi connectivity index (χ4n) is 1.44. The molecule has 2 rings (SSSR count). The molecule has 5 heteroatoms. The molecule has 1 heterocycles. The van der Waals surface area contributed by atoms with Crippen molar-refractivity contribution < 1.29 is 0 Å². The molecule has 2 N–H and O–H groups in total. The van der Waals surface area contributed by atoms with Crippen molar-refractivity contribution >= 4 is 23.3 Å². The van der Waals surface area contributed by atoms with Gasteiger partial charge in [0.1, 0.15) is 5.82 Å². The fourth-order valence-corrected chi connectivity index (χ4v) is 3.06. The van der Waals surface area contributed by atoms with Gasteiger partial charge in [0.2, 0.25) is 0 Å². The first kappa shape index (κ1) is 12.5. The lowest BCUT2D eigenvalue weighted by atomic mass is 10.1. The van der Waals surface area contributed by atoms with E-state index < -0.39 is 0 Å². The summed E-state index contributed by atoms with van der Waals surface area (Å²) in [6.07, 6.45) is 0.960. The number of aryl methyl sites for hydroxylation is 1. The number of hydrogen-bond acceptors (Lipinski definition) is 5. The summed E-state index contributed by atoms with van der Waals surface area (Å²) in [6.45, 7) is 4.00. The highest BCUT2D eigenvalue weighted by molar-refractivity contribution is 8.01. The number of benzene rings is 1. The summed E-state index contributed by atoms with van der Waals surface area (Å²) >= 11 is 3.08. The molecule has 0 spiro atoms. The van der Waals surface area contributed by atoms with Crippen LogP contribution >= 0.6 is 23.3 Å². The molecule has 90 valence electrons. The van der Waals surface area contributed by atoms with Crippen molar-refractivity contribution in [3.63, 3.8) is 0 Å². The average molecular weight is 265 g/mol. The minimum Gasteiger partial charge on any atom is -0.324 e.